The Morgan fingerprint density at radius 1 is 1.45 bits per heavy atom. The molecule has 20 heavy (non-hydrogen) atoms. The molecular weight excluding hydrogens is 286 g/mol. The van der Waals surface area contributed by atoms with E-state index >= 15 is 0 Å². The molecule has 9 heteroatoms. The fourth-order valence-electron chi connectivity index (χ4n) is 1.58. The Morgan fingerprint density at radius 2 is 2.20 bits per heavy atom. The molecule has 0 fully saturated rings. The molecule has 0 saturated carbocycles. The van der Waals surface area contributed by atoms with Gasteiger partial charge in [0, 0.05) is 12.5 Å². The Morgan fingerprint density at radius 3 is 2.85 bits per heavy atom. The number of carbonyl (C=O) groups is 1. The average Bonchev–Trinajstić information content (AvgIpc) is 2.96. The van der Waals surface area contributed by atoms with Crippen molar-refractivity contribution in [3.8, 4) is 0 Å². The first kappa shape index (κ1) is 14.3. The number of rotatable bonds is 5. The molecule has 0 aliphatic rings. The van der Waals surface area contributed by atoms with Crippen LogP contribution >= 0.6 is 0 Å². The Kier molecular flexibility index (Phi) is 3.89. The third kappa shape index (κ3) is 3.67. The SMILES string of the molecule is COC(=O)c1ccc(Cn2cc(CS(C)(=O)=O)nn2)o1. The average molecular weight is 299 g/mol. The highest BCUT2D eigenvalue weighted by molar-refractivity contribution is 7.89. The summed E-state index contributed by atoms with van der Waals surface area (Å²) in [4.78, 5) is 11.2. The minimum absolute atomic E-state index is 0.0963. The third-order valence-corrected chi connectivity index (χ3v) is 3.18. The fourth-order valence-corrected chi connectivity index (χ4v) is 2.25. The van der Waals surface area contributed by atoms with Crippen LogP contribution in [0.2, 0.25) is 0 Å². The van der Waals surface area contributed by atoms with Crippen LogP contribution in [0.4, 0.5) is 0 Å². The van der Waals surface area contributed by atoms with Crippen molar-refractivity contribution in [1.29, 1.82) is 0 Å². The summed E-state index contributed by atoms with van der Waals surface area (Å²) in [6.45, 7) is 0.244. The highest BCUT2D eigenvalue weighted by Crippen LogP contribution is 2.10. The molecule has 2 heterocycles. The van der Waals surface area contributed by atoms with E-state index in [1.54, 1.807) is 6.07 Å². The van der Waals surface area contributed by atoms with Crippen LogP contribution in [0.25, 0.3) is 0 Å². The lowest BCUT2D eigenvalue weighted by molar-refractivity contribution is 0.0562. The highest BCUT2D eigenvalue weighted by Gasteiger charge is 2.13. The van der Waals surface area contributed by atoms with Crippen molar-refractivity contribution in [2.24, 2.45) is 0 Å². The first-order valence-corrected chi connectivity index (χ1v) is 7.67. The Hall–Kier alpha value is -2.16. The van der Waals surface area contributed by atoms with E-state index < -0.39 is 15.8 Å². The summed E-state index contributed by atoms with van der Waals surface area (Å²) in [6, 6.07) is 3.11. The van der Waals surface area contributed by atoms with Crippen molar-refractivity contribution < 1.29 is 22.4 Å². The predicted octanol–water partition coefficient (Wildman–Crippen LogP) is 0.251. The molecule has 0 atom stereocenters. The lowest BCUT2D eigenvalue weighted by Crippen LogP contribution is -2.01. The Bertz CT molecular complexity index is 716. The molecule has 2 rings (SSSR count). The van der Waals surface area contributed by atoms with Gasteiger partial charge in [-0.15, -0.1) is 5.10 Å². The number of furan rings is 1. The molecule has 0 aliphatic heterocycles. The first-order valence-electron chi connectivity index (χ1n) is 5.61. The second-order valence-electron chi connectivity index (χ2n) is 4.24. The number of sulfone groups is 1. The second-order valence-corrected chi connectivity index (χ2v) is 6.38. The monoisotopic (exact) mass is 299 g/mol. The summed E-state index contributed by atoms with van der Waals surface area (Å²) in [5, 5.41) is 7.55. The number of aromatic nitrogens is 3. The van der Waals surface area contributed by atoms with E-state index in [1.165, 1.54) is 24.1 Å². The van der Waals surface area contributed by atoms with Crippen LogP contribution in [0.5, 0.6) is 0 Å². The number of methoxy groups -OCH3 is 1. The summed E-state index contributed by atoms with van der Waals surface area (Å²) in [5.41, 5.74) is 0.354. The van der Waals surface area contributed by atoms with Crippen molar-refractivity contribution in [3.05, 3.63) is 35.5 Å². The van der Waals surface area contributed by atoms with Crippen LogP contribution < -0.4 is 0 Å². The lowest BCUT2D eigenvalue weighted by Gasteiger charge is -1.96. The standard InChI is InChI=1S/C11H13N3O5S/c1-18-11(15)10-4-3-9(19-10)6-14-5-8(12-13-14)7-20(2,16)17/h3-5H,6-7H2,1-2H3. The summed E-state index contributed by atoms with van der Waals surface area (Å²) in [6.07, 6.45) is 2.64. The zero-order valence-corrected chi connectivity index (χ0v) is 11.8. The van der Waals surface area contributed by atoms with Gasteiger partial charge in [-0.05, 0) is 12.1 Å². The normalized spacial score (nSPS) is 11.5. The van der Waals surface area contributed by atoms with Gasteiger partial charge in [0.15, 0.2) is 9.84 Å². The van der Waals surface area contributed by atoms with Gasteiger partial charge in [-0.1, -0.05) is 5.21 Å². The number of hydrogen-bond acceptors (Lipinski definition) is 7. The zero-order chi connectivity index (χ0) is 14.8. The summed E-state index contributed by atoms with van der Waals surface area (Å²) in [7, 11) is -1.88. The summed E-state index contributed by atoms with van der Waals surface area (Å²) < 4.78 is 33.5. The van der Waals surface area contributed by atoms with E-state index in [9.17, 15) is 13.2 Å². The van der Waals surface area contributed by atoms with Gasteiger partial charge in [0.2, 0.25) is 5.76 Å². The molecule has 2 aromatic rings. The van der Waals surface area contributed by atoms with Gasteiger partial charge >= 0.3 is 5.97 Å². The third-order valence-electron chi connectivity index (χ3n) is 2.36. The minimum Gasteiger partial charge on any atom is -0.463 e. The van der Waals surface area contributed by atoms with Gasteiger partial charge in [0.05, 0.1) is 18.6 Å². The first-order chi connectivity index (χ1) is 9.37. The summed E-state index contributed by atoms with van der Waals surface area (Å²) >= 11 is 0. The van der Waals surface area contributed by atoms with Crippen LogP contribution in [-0.4, -0.2) is 42.7 Å². The maximum absolute atomic E-state index is 11.2. The van der Waals surface area contributed by atoms with E-state index in [-0.39, 0.29) is 18.1 Å². The van der Waals surface area contributed by atoms with Crippen molar-refractivity contribution in [2.75, 3.05) is 13.4 Å². The van der Waals surface area contributed by atoms with Crippen molar-refractivity contribution >= 4 is 15.8 Å². The molecule has 0 unspecified atom stereocenters. The Labute approximate surface area is 115 Å². The predicted molar refractivity (Wildman–Crippen MR) is 67.7 cm³/mol. The summed E-state index contributed by atoms with van der Waals surface area (Å²) in [5.74, 6) is -0.147. The molecule has 0 aromatic carbocycles. The number of ether oxygens (including phenoxy) is 1. The van der Waals surface area contributed by atoms with Gasteiger partial charge in [-0.25, -0.2) is 17.9 Å². The quantitative estimate of drug-likeness (QED) is 0.729. The zero-order valence-electron chi connectivity index (χ0n) is 10.9. The molecule has 0 spiro atoms. The van der Waals surface area contributed by atoms with Crippen LogP contribution in [0.3, 0.4) is 0 Å². The van der Waals surface area contributed by atoms with Gasteiger partial charge in [-0.2, -0.15) is 0 Å². The number of esters is 1. The van der Waals surface area contributed by atoms with Gasteiger partial charge in [-0.3, -0.25) is 0 Å². The van der Waals surface area contributed by atoms with Gasteiger partial charge in [0.25, 0.3) is 0 Å². The smallest absolute Gasteiger partial charge is 0.373 e. The topological polar surface area (TPSA) is 104 Å². The molecule has 2 aromatic heterocycles. The van der Waals surface area contributed by atoms with Crippen LogP contribution in [0.15, 0.2) is 22.7 Å². The van der Waals surface area contributed by atoms with E-state index in [2.05, 4.69) is 15.0 Å². The highest BCUT2D eigenvalue weighted by atomic mass is 32.2. The second kappa shape index (κ2) is 5.45. The number of nitrogens with zero attached hydrogens (tertiary/aromatic N) is 3. The lowest BCUT2D eigenvalue weighted by atomic mass is 10.4. The van der Waals surface area contributed by atoms with Gasteiger partial charge < -0.3 is 9.15 Å². The van der Waals surface area contributed by atoms with Gasteiger partial charge in [0.1, 0.15) is 12.3 Å². The van der Waals surface area contributed by atoms with Crippen molar-refractivity contribution in [2.45, 2.75) is 12.3 Å². The number of hydrogen-bond donors (Lipinski definition) is 0. The molecule has 0 radical (unpaired) electrons. The fraction of sp³-hybridized carbons (Fsp3) is 0.364. The largest absolute Gasteiger partial charge is 0.463 e. The minimum atomic E-state index is -3.15. The molecular formula is C11H13N3O5S. The maximum atomic E-state index is 11.2. The maximum Gasteiger partial charge on any atom is 0.373 e. The molecule has 0 bridgehead atoms. The van der Waals surface area contributed by atoms with Crippen molar-refractivity contribution in [3.63, 3.8) is 0 Å². The molecule has 0 saturated heterocycles. The molecule has 8 nitrogen and oxygen atoms in total. The molecule has 0 aliphatic carbocycles. The molecule has 0 amide bonds. The molecule has 0 N–H and O–H groups in total. The van der Waals surface area contributed by atoms with Crippen LogP contribution in [0.1, 0.15) is 22.0 Å². The van der Waals surface area contributed by atoms with Crippen LogP contribution in [0, 0.1) is 0 Å². The van der Waals surface area contributed by atoms with Crippen LogP contribution in [-0.2, 0) is 26.9 Å². The van der Waals surface area contributed by atoms with E-state index in [1.807, 2.05) is 0 Å². The van der Waals surface area contributed by atoms with E-state index in [0.717, 1.165) is 6.26 Å². The number of carbonyl (C=O) groups excluding carboxylic acids is 1. The molecule has 108 valence electrons. The van der Waals surface area contributed by atoms with E-state index in [0.29, 0.717) is 11.5 Å². The van der Waals surface area contributed by atoms with Crippen molar-refractivity contribution in [1.82, 2.24) is 15.0 Å². The van der Waals surface area contributed by atoms with E-state index in [4.69, 9.17) is 4.42 Å². The Balaban J connectivity index is 2.07.